The van der Waals surface area contributed by atoms with Crippen molar-refractivity contribution in [1.29, 1.82) is 0 Å². The number of hydrogen-bond acceptors (Lipinski definition) is 5. The third-order valence-corrected chi connectivity index (χ3v) is 5.11. The van der Waals surface area contributed by atoms with Crippen LogP contribution < -0.4 is 0 Å². The molecular formula is C14H11BrO3S2. The molecule has 0 unspecified atom stereocenters. The number of Topliss-reactive ketones (excluding diaryl/α,β-unsaturated/α-hetero) is 1. The molecule has 0 aromatic carbocycles. The van der Waals surface area contributed by atoms with Gasteiger partial charge in [-0.25, -0.2) is 4.79 Å². The van der Waals surface area contributed by atoms with Crippen molar-refractivity contribution < 1.29 is 14.3 Å². The monoisotopic (exact) mass is 370 g/mol. The lowest BCUT2D eigenvalue weighted by atomic mass is 10.3. The summed E-state index contributed by atoms with van der Waals surface area (Å²) in [5, 5.41) is 1.96. The number of carbonyl (C=O) groups is 2. The van der Waals surface area contributed by atoms with Gasteiger partial charge < -0.3 is 4.74 Å². The van der Waals surface area contributed by atoms with Crippen molar-refractivity contribution in [3.63, 3.8) is 0 Å². The normalized spacial score (nSPS) is 10.9. The maximum absolute atomic E-state index is 11.7. The summed E-state index contributed by atoms with van der Waals surface area (Å²) in [4.78, 5) is 24.8. The minimum atomic E-state index is -0.512. The summed E-state index contributed by atoms with van der Waals surface area (Å²) in [6.45, 7) is 1.74. The van der Waals surface area contributed by atoms with Crippen LogP contribution in [0.25, 0.3) is 6.08 Å². The van der Waals surface area contributed by atoms with E-state index in [9.17, 15) is 9.59 Å². The topological polar surface area (TPSA) is 43.4 Å². The van der Waals surface area contributed by atoms with Crippen LogP contribution in [0.5, 0.6) is 0 Å². The number of esters is 1. The van der Waals surface area contributed by atoms with Gasteiger partial charge >= 0.3 is 5.97 Å². The zero-order chi connectivity index (χ0) is 14.5. The van der Waals surface area contributed by atoms with Crippen molar-refractivity contribution in [1.82, 2.24) is 0 Å². The molecule has 0 atom stereocenters. The van der Waals surface area contributed by atoms with Gasteiger partial charge in [-0.15, -0.1) is 22.7 Å². The van der Waals surface area contributed by atoms with Crippen LogP contribution in [0, 0.1) is 6.92 Å². The van der Waals surface area contributed by atoms with Gasteiger partial charge in [0.15, 0.2) is 6.61 Å². The van der Waals surface area contributed by atoms with Crippen LogP contribution in [-0.4, -0.2) is 18.4 Å². The van der Waals surface area contributed by atoms with E-state index in [1.807, 2.05) is 18.4 Å². The lowest BCUT2D eigenvalue weighted by Crippen LogP contribution is -2.11. The molecule has 0 saturated heterocycles. The molecule has 0 saturated carbocycles. The zero-order valence-corrected chi connectivity index (χ0v) is 13.8. The first-order chi connectivity index (χ1) is 9.56. The molecule has 2 rings (SSSR count). The van der Waals surface area contributed by atoms with Crippen LogP contribution in [0.4, 0.5) is 0 Å². The number of hydrogen-bond donors (Lipinski definition) is 0. The van der Waals surface area contributed by atoms with Gasteiger partial charge in [0.05, 0.1) is 8.66 Å². The van der Waals surface area contributed by atoms with Crippen molar-refractivity contribution >= 4 is 56.4 Å². The summed E-state index contributed by atoms with van der Waals surface area (Å²) in [5.74, 6) is -0.712. The van der Waals surface area contributed by atoms with Gasteiger partial charge in [-0.05, 0) is 58.1 Å². The Hall–Kier alpha value is -1.24. The molecule has 104 valence electrons. The third-order valence-electron chi connectivity index (χ3n) is 2.47. The molecule has 20 heavy (non-hydrogen) atoms. The minimum Gasteiger partial charge on any atom is -0.454 e. The number of rotatable bonds is 5. The van der Waals surface area contributed by atoms with Crippen molar-refractivity contribution in [2.45, 2.75) is 6.92 Å². The van der Waals surface area contributed by atoms with Crippen LogP contribution in [-0.2, 0) is 9.53 Å². The highest BCUT2D eigenvalue weighted by atomic mass is 79.9. The Morgan fingerprint density at radius 3 is 2.75 bits per heavy atom. The molecule has 0 aliphatic rings. The summed E-state index contributed by atoms with van der Waals surface area (Å²) in [6.07, 6.45) is 3.05. The van der Waals surface area contributed by atoms with E-state index >= 15 is 0 Å². The van der Waals surface area contributed by atoms with E-state index in [-0.39, 0.29) is 12.4 Å². The number of thiophene rings is 2. The largest absolute Gasteiger partial charge is 0.454 e. The van der Waals surface area contributed by atoms with E-state index in [1.165, 1.54) is 17.4 Å². The van der Waals surface area contributed by atoms with Gasteiger partial charge in [0.25, 0.3) is 0 Å². The standard InChI is InChI=1S/C14H11BrO3S2/c1-9-6-7-19-11(9)3-5-14(17)18-8-10(16)12-2-4-13(15)20-12/h2-7H,8H2,1H3/b5-3+. The molecule has 0 amide bonds. The summed E-state index contributed by atoms with van der Waals surface area (Å²) in [7, 11) is 0. The van der Waals surface area contributed by atoms with Crippen LogP contribution in [0.2, 0.25) is 0 Å². The van der Waals surface area contributed by atoms with Crippen LogP contribution >= 0.6 is 38.6 Å². The molecule has 3 nitrogen and oxygen atoms in total. The number of aryl methyl sites for hydroxylation is 1. The molecule has 0 N–H and O–H groups in total. The van der Waals surface area contributed by atoms with Crippen molar-refractivity contribution in [2.24, 2.45) is 0 Å². The zero-order valence-electron chi connectivity index (χ0n) is 10.6. The Labute approximate surface area is 133 Å². The highest BCUT2D eigenvalue weighted by Crippen LogP contribution is 2.22. The molecule has 2 aromatic rings. The summed E-state index contributed by atoms with van der Waals surface area (Å²) < 4.78 is 5.80. The van der Waals surface area contributed by atoms with Gasteiger partial charge in [-0.3, -0.25) is 4.79 Å². The van der Waals surface area contributed by atoms with Gasteiger partial charge in [0.2, 0.25) is 5.78 Å². The van der Waals surface area contributed by atoms with Crippen LogP contribution in [0.3, 0.4) is 0 Å². The molecule has 0 fully saturated rings. The van der Waals surface area contributed by atoms with Crippen LogP contribution in [0.15, 0.2) is 33.4 Å². The average molecular weight is 371 g/mol. The molecule has 0 bridgehead atoms. The van der Waals surface area contributed by atoms with Crippen LogP contribution in [0.1, 0.15) is 20.1 Å². The molecule has 0 aliphatic carbocycles. The second-order valence-electron chi connectivity index (χ2n) is 3.94. The second-order valence-corrected chi connectivity index (χ2v) is 7.35. The average Bonchev–Trinajstić information content (AvgIpc) is 3.02. The van der Waals surface area contributed by atoms with Crippen molar-refractivity contribution in [3.05, 3.63) is 48.8 Å². The van der Waals surface area contributed by atoms with Gasteiger partial charge in [0, 0.05) is 11.0 Å². The maximum atomic E-state index is 11.7. The van der Waals surface area contributed by atoms with Gasteiger partial charge in [-0.2, -0.15) is 0 Å². The Morgan fingerprint density at radius 1 is 1.35 bits per heavy atom. The molecule has 0 radical (unpaired) electrons. The Balaban J connectivity index is 1.85. The predicted octanol–water partition coefficient (Wildman–Crippen LogP) is 4.32. The second kappa shape index (κ2) is 6.97. The fourth-order valence-corrected chi connectivity index (χ4v) is 3.55. The molecule has 2 aromatic heterocycles. The lowest BCUT2D eigenvalue weighted by Gasteiger charge is -1.99. The van der Waals surface area contributed by atoms with Crippen molar-refractivity contribution in [3.8, 4) is 0 Å². The number of ether oxygens (including phenoxy) is 1. The first kappa shape index (κ1) is 15.2. The van der Waals surface area contributed by atoms with E-state index in [4.69, 9.17) is 4.74 Å². The Kier molecular flexibility index (Phi) is 5.28. The minimum absolute atomic E-state index is 0.199. The molecule has 6 heteroatoms. The quantitative estimate of drug-likeness (QED) is 0.447. The van der Waals surface area contributed by atoms with E-state index in [2.05, 4.69) is 15.9 Å². The van der Waals surface area contributed by atoms with E-state index in [1.54, 1.807) is 29.5 Å². The van der Waals surface area contributed by atoms with E-state index < -0.39 is 5.97 Å². The molecule has 0 spiro atoms. The molecular weight excluding hydrogens is 360 g/mol. The van der Waals surface area contributed by atoms with E-state index in [0.29, 0.717) is 4.88 Å². The highest BCUT2D eigenvalue weighted by Gasteiger charge is 2.10. The first-order valence-electron chi connectivity index (χ1n) is 5.74. The lowest BCUT2D eigenvalue weighted by molar-refractivity contribution is -0.136. The number of halogens is 1. The van der Waals surface area contributed by atoms with Gasteiger partial charge in [-0.1, -0.05) is 0 Å². The predicted molar refractivity (Wildman–Crippen MR) is 85.4 cm³/mol. The SMILES string of the molecule is Cc1ccsc1/C=C/C(=O)OCC(=O)c1ccc(Br)s1. The van der Waals surface area contributed by atoms with Gasteiger partial charge in [0.1, 0.15) is 0 Å². The third kappa shape index (κ3) is 4.13. The fourth-order valence-electron chi connectivity index (χ4n) is 1.42. The summed E-state index contributed by atoms with van der Waals surface area (Å²) >= 11 is 6.15. The first-order valence-corrected chi connectivity index (χ1v) is 8.22. The smallest absolute Gasteiger partial charge is 0.331 e. The summed E-state index contributed by atoms with van der Waals surface area (Å²) in [6, 6.07) is 5.48. The Bertz CT molecular complexity index is 655. The summed E-state index contributed by atoms with van der Waals surface area (Å²) in [5.41, 5.74) is 1.11. The van der Waals surface area contributed by atoms with E-state index in [0.717, 1.165) is 14.2 Å². The maximum Gasteiger partial charge on any atom is 0.331 e. The fraction of sp³-hybridized carbons (Fsp3) is 0.143. The van der Waals surface area contributed by atoms with Crippen molar-refractivity contribution in [2.75, 3.05) is 6.61 Å². The molecule has 2 heterocycles. The number of ketones is 1. The highest BCUT2D eigenvalue weighted by molar-refractivity contribution is 9.11. The number of carbonyl (C=O) groups excluding carboxylic acids is 2. The molecule has 0 aliphatic heterocycles. The Morgan fingerprint density at radius 2 is 2.15 bits per heavy atom.